The molecular weight excluding hydrogens is 1020 g/mol. The number of hydrogen-bond acceptors (Lipinski definition) is 8. The van der Waals surface area contributed by atoms with Gasteiger partial charge < -0.3 is 123 Å². The standard InChI is InChI=1S/2C15H16N4O2.6BrH/c2*20-16-12-14-2-8-18(9-3-14)6-1-7-19-10-4-15(5-11-19)13-17-21;;;;;;/h2*2-5,8-13H,1,6-7H2;6*1H/p-2. The van der Waals surface area contributed by atoms with E-state index in [1.165, 1.54) is 24.9 Å². The van der Waals surface area contributed by atoms with Crippen LogP contribution in [0.25, 0.3) is 0 Å². The lowest BCUT2D eigenvalue weighted by Crippen LogP contribution is -3.00. The number of halogens is 6. The largest absolute Gasteiger partial charge is 1.00 e. The Labute approximate surface area is 343 Å². The summed E-state index contributed by atoms with van der Waals surface area (Å²) in [5, 5.41) is 45.8. The fourth-order valence-electron chi connectivity index (χ4n) is 3.95. The Hall–Kier alpha value is -2.64. The van der Waals surface area contributed by atoms with E-state index in [0.29, 0.717) is 0 Å². The SMILES string of the molecule is O/N=C/c1cc[n+](CCC[n+]2ccc(/C=N/O)cc2)cc1.O/N=C/c1cc[n+](CCC[n+]2ccc(/C=N/O)cc2)cc1.[Br-].[Br-].[Br-].[Br-].[Br-].[Br-]. The first-order valence-electron chi connectivity index (χ1n) is 13.3. The molecule has 4 heterocycles. The molecule has 0 unspecified atom stereocenters. The summed E-state index contributed by atoms with van der Waals surface area (Å²) in [5.41, 5.74) is 3.46. The van der Waals surface area contributed by atoms with Crippen LogP contribution in [0.5, 0.6) is 0 Å². The van der Waals surface area contributed by atoms with Gasteiger partial charge in [-0.2, -0.15) is 0 Å². The van der Waals surface area contributed by atoms with E-state index in [1.54, 1.807) is 0 Å². The smallest absolute Gasteiger partial charge is 0.169 e. The normalized spacial score (nSPS) is 10.0. The molecule has 0 atom stereocenters. The Morgan fingerprint density at radius 3 is 0.667 bits per heavy atom. The Morgan fingerprint density at radius 2 is 0.521 bits per heavy atom. The summed E-state index contributed by atoms with van der Waals surface area (Å²) in [6, 6.07) is 15.2. The highest BCUT2D eigenvalue weighted by atomic mass is 79.9. The van der Waals surface area contributed by atoms with Crippen molar-refractivity contribution in [1.29, 1.82) is 0 Å². The van der Waals surface area contributed by atoms with Gasteiger partial charge in [-0.3, -0.25) is 0 Å². The average Bonchev–Trinajstić information content (AvgIpc) is 3.02. The van der Waals surface area contributed by atoms with E-state index in [-0.39, 0.29) is 102 Å². The predicted octanol–water partition coefficient (Wildman–Crippen LogP) is -16.0. The van der Waals surface area contributed by atoms with Crippen LogP contribution in [0.4, 0.5) is 0 Å². The maximum atomic E-state index is 8.45. The summed E-state index contributed by atoms with van der Waals surface area (Å²) in [6.07, 6.45) is 23.3. The van der Waals surface area contributed by atoms with Crippen LogP contribution < -0.4 is 120 Å². The molecule has 0 aromatic carbocycles. The van der Waals surface area contributed by atoms with Crippen molar-refractivity contribution in [1.82, 2.24) is 0 Å². The number of hydrogen-bond donors (Lipinski definition) is 4. The molecule has 0 saturated carbocycles. The van der Waals surface area contributed by atoms with Crippen molar-refractivity contribution in [3.8, 4) is 0 Å². The van der Waals surface area contributed by atoms with Crippen LogP contribution in [-0.2, 0) is 26.2 Å². The lowest BCUT2D eigenvalue weighted by Gasteiger charge is -1.97. The second-order valence-corrected chi connectivity index (χ2v) is 9.16. The molecule has 48 heavy (non-hydrogen) atoms. The molecule has 0 amide bonds. The van der Waals surface area contributed by atoms with E-state index in [4.69, 9.17) is 20.8 Å². The third-order valence-corrected chi connectivity index (χ3v) is 6.16. The van der Waals surface area contributed by atoms with Crippen LogP contribution in [0.1, 0.15) is 35.1 Å². The van der Waals surface area contributed by atoms with Crippen molar-refractivity contribution in [2.45, 2.75) is 39.0 Å². The number of nitrogens with zero attached hydrogens (tertiary/aromatic N) is 8. The zero-order chi connectivity index (χ0) is 29.8. The summed E-state index contributed by atoms with van der Waals surface area (Å²) in [4.78, 5) is 0. The predicted molar refractivity (Wildman–Crippen MR) is 153 cm³/mol. The van der Waals surface area contributed by atoms with E-state index >= 15 is 0 Å². The molecule has 4 aromatic rings. The molecule has 0 radical (unpaired) electrons. The fraction of sp³-hybridized carbons (Fsp3) is 0.200. The summed E-state index contributed by atoms with van der Waals surface area (Å²) in [7, 11) is 0. The Morgan fingerprint density at radius 1 is 0.354 bits per heavy atom. The molecule has 4 N–H and O–H groups in total. The topological polar surface area (TPSA) is 146 Å². The fourth-order valence-corrected chi connectivity index (χ4v) is 3.95. The minimum atomic E-state index is 0. The molecule has 18 heteroatoms. The van der Waals surface area contributed by atoms with Crippen LogP contribution >= 0.6 is 0 Å². The van der Waals surface area contributed by atoms with Gasteiger partial charge in [0, 0.05) is 70.8 Å². The number of aromatic nitrogens is 4. The van der Waals surface area contributed by atoms with Gasteiger partial charge in [-0.25, -0.2) is 18.3 Å². The zero-order valence-corrected chi connectivity index (χ0v) is 34.9. The molecule has 0 fully saturated rings. The van der Waals surface area contributed by atoms with Crippen LogP contribution in [0, 0.1) is 0 Å². The molecule has 0 spiro atoms. The molecule has 0 aliphatic carbocycles. The first-order chi connectivity index (χ1) is 20.6. The van der Waals surface area contributed by atoms with Crippen molar-refractivity contribution in [3.63, 3.8) is 0 Å². The zero-order valence-electron chi connectivity index (χ0n) is 25.4. The van der Waals surface area contributed by atoms with E-state index in [0.717, 1.165) is 61.3 Å². The van der Waals surface area contributed by atoms with Gasteiger partial charge in [0.25, 0.3) is 0 Å². The Kier molecular flexibility index (Phi) is 34.4. The molecule has 0 aliphatic rings. The first kappa shape index (κ1) is 52.2. The minimum Gasteiger partial charge on any atom is -1.00 e. The maximum absolute atomic E-state index is 8.45. The molecule has 0 saturated heterocycles. The monoisotopic (exact) mass is 1050 g/mol. The van der Waals surface area contributed by atoms with Crippen LogP contribution in [0.15, 0.2) is 119 Å². The Balaban J connectivity index is -0.000000359. The van der Waals surface area contributed by atoms with Crippen molar-refractivity contribution in [3.05, 3.63) is 120 Å². The third kappa shape index (κ3) is 20.7. The van der Waals surface area contributed by atoms with Gasteiger partial charge in [0.05, 0.1) is 37.7 Å². The molecule has 264 valence electrons. The second kappa shape index (κ2) is 31.6. The highest BCUT2D eigenvalue weighted by Gasteiger charge is 2.06. The van der Waals surface area contributed by atoms with Gasteiger partial charge in [0.2, 0.25) is 0 Å². The first-order valence-corrected chi connectivity index (χ1v) is 13.3. The van der Waals surface area contributed by atoms with Gasteiger partial charge in [-0.15, -0.1) is 0 Å². The average molecular weight is 1050 g/mol. The van der Waals surface area contributed by atoms with E-state index in [1.807, 2.05) is 98.1 Å². The van der Waals surface area contributed by atoms with Crippen LogP contribution in [0.3, 0.4) is 0 Å². The third-order valence-electron chi connectivity index (χ3n) is 6.16. The molecule has 4 rings (SSSR count). The summed E-state index contributed by atoms with van der Waals surface area (Å²) in [5.74, 6) is 0. The number of oxime groups is 4. The number of aryl methyl sites for hydroxylation is 4. The van der Waals surface area contributed by atoms with E-state index < -0.39 is 0 Å². The molecule has 0 bridgehead atoms. The lowest BCUT2D eigenvalue weighted by molar-refractivity contribution is -0.727. The van der Waals surface area contributed by atoms with Crippen molar-refractivity contribution in [2.75, 3.05) is 0 Å². The Bertz CT molecular complexity index is 1240. The van der Waals surface area contributed by atoms with Crippen molar-refractivity contribution in [2.24, 2.45) is 20.6 Å². The van der Waals surface area contributed by atoms with Crippen molar-refractivity contribution >= 4 is 24.9 Å². The van der Waals surface area contributed by atoms with Crippen molar-refractivity contribution < 1.29 is 141 Å². The summed E-state index contributed by atoms with van der Waals surface area (Å²) in [6.45, 7) is 3.62. The highest BCUT2D eigenvalue weighted by Crippen LogP contribution is 1.94. The van der Waals surface area contributed by atoms with Gasteiger partial charge in [-0.05, 0) is 0 Å². The minimum absolute atomic E-state index is 0. The quantitative estimate of drug-likeness (QED) is 0.0484. The van der Waals surface area contributed by atoms with Crippen LogP contribution in [0.2, 0.25) is 0 Å². The molecule has 4 aromatic heterocycles. The number of pyridine rings is 4. The van der Waals surface area contributed by atoms with Crippen LogP contribution in [-0.4, -0.2) is 45.7 Å². The summed E-state index contributed by atoms with van der Waals surface area (Å²) >= 11 is 0. The highest BCUT2D eigenvalue weighted by molar-refractivity contribution is 5.79. The molecule has 0 aliphatic heterocycles. The second-order valence-electron chi connectivity index (χ2n) is 9.16. The maximum Gasteiger partial charge on any atom is 0.169 e. The van der Waals surface area contributed by atoms with Gasteiger partial charge in [0.15, 0.2) is 75.8 Å². The van der Waals surface area contributed by atoms with Gasteiger partial charge in [0.1, 0.15) is 0 Å². The summed E-state index contributed by atoms with van der Waals surface area (Å²) < 4.78 is 8.34. The molecular formula is C30H36Br6N8O4-2. The van der Waals surface area contributed by atoms with Gasteiger partial charge in [-0.1, -0.05) is 20.6 Å². The lowest BCUT2D eigenvalue weighted by atomic mass is 10.3. The molecule has 12 nitrogen and oxygen atoms in total. The van der Waals surface area contributed by atoms with Gasteiger partial charge >= 0.3 is 0 Å². The van der Waals surface area contributed by atoms with E-state index in [2.05, 4.69) is 38.9 Å². The number of rotatable bonds is 12. The van der Waals surface area contributed by atoms with E-state index in [9.17, 15) is 0 Å².